The van der Waals surface area contributed by atoms with Gasteiger partial charge in [0.15, 0.2) is 0 Å². The third kappa shape index (κ3) is 12.8. The van der Waals surface area contributed by atoms with Crippen LogP contribution in [0, 0.1) is 29.6 Å². The fourth-order valence-electron chi connectivity index (χ4n) is 9.86. The van der Waals surface area contributed by atoms with Gasteiger partial charge in [-0.3, -0.25) is 19.2 Å². The molecule has 3 fully saturated rings. The van der Waals surface area contributed by atoms with E-state index in [0.717, 1.165) is 10.5 Å². The number of allylic oxidation sites excluding steroid dienone is 3. The van der Waals surface area contributed by atoms with Crippen molar-refractivity contribution in [2.45, 2.75) is 173 Å². The van der Waals surface area contributed by atoms with Crippen LogP contribution >= 0.6 is 0 Å². The van der Waals surface area contributed by atoms with Gasteiger partial charge in [0.25, 0.3) is 11.7 Å². The number of piperidine rings is 1. The van der Waals surface area contributed by atoms with Crippen molar-refractivity contribution in [2.75, 3.05) is 35.0 Å². The number of aliphatic hydroxyl groups excluding tert-OH is 2. The Morgan fingerprint density at radius 2 is 1.57 bits per heavy atom. The molecule has 2 bridgehead atoms. The third-order valence-electron chi connectivity index (χ3n) is 13.6. The standard InChI is InChI=1S/C46H73NO14/c1-26-19-27(2)21-38(57-7)42-39(58-8)23-29(4)46(55,61-42)43(52)44(53)47-18-11-10-14-33(47)45(54)60-41(28(3)22-31-16-17-34(48)37(24-31)56-6)30(5)35(49)25-36(50)32(20-26)13-12-15-40(51)59-9/h20,22,27,29-35,37-39,41-42,48-49,55H,10-19,21,23-25H2,1-9H3. The molecule has 3 heterocycles. The van der Waals surface area contributed by atoms with Crippen molar-refractivity contribution in [1.29, 1.82) is 0 Å². The fourth-order valence-corrected chi connectivity index (χ4v) is 9.86. The Bertz CT molecular complexity index is 1580. The summed E-state index contributed by atoms with van der Waals surface area (Å²) in [7, 11) is 5.88. The molecular weight excluding hydrogens is 790 g/mol. The van der Waals surface area contributed by atoms with Crippen molar-refractivity contribution >= 4 is 29.4 Å². The molecule has 0 aromatic heterocycles. The van der Waals surface area contributed by atoms with Gasteiger partial charge in [-0.2, -0.15) is 0 Å². The van der Waals surface area contributed by atoms with Gasteiger partial charge in [-0.1, -0.05) is 38.5 Å². The molecule has 3 aliphatic heterocycles. The average molecular weight is 864 g/mol. The van der Waals surface area contributed by atoms with E-state index in [0.29, 0.717) is 63.4 Å². The number of carbonyl (C=O) groups excluding carboxylic acids is 5. The second-order valence-electron chi connectivity index (χ2n) is 18.2. The number of ketones is 2. The SMILES string of the molecule is COC(=O)CCCC1C=C(C)CC(C)CC(OC)C2OC(O)(C(=O)C(=O)N3CCCCC3C(=O)OC(C(C)=CC3CCC(O)C(OC)C3)C(C)C(O)CC1=O)C(C)CC2OC. The number of rotatable bonds is 9. The summed E-state index contributed by atoms with van der Waals surface area (Å²) in [5, 5.41) is 34.4. The molecule has 15 heteroatoms. The number of esters is 2. The van der Waals surface area contributed by atoms with E-state index in [2.05, 4.69) is 0 Å². The molecular formula is C46H73NO14. The van der Waals surface area contributed by atoms with E-state index in [-0.39, 0.29) is 61.9 Å². The van der Waals surface area contributed by atoms with Crippen molar-refractivity contribution < 1.29 is 67.7 Å². The van der Waals surface area contributed by atoms with Gasteiger partial charge in [-0.25, -0.2) is 4.79 Å². The molecule has 2 saturated heterocycles. The number of methoxy groups -OCH3 is 4. The van der Waals surface area contributed by atoms with E-state index in [1.165, 1.54) is 21.3 Å². The van der Waals surface area contributed by atoms with Crippen LogP contribution in [0.5, 0.6) is 0 Å². The van der Waals surface area contributed by atoms with Gasteiger partial charge in [0.1, 0.15) is 24.0 Å². The lowest BCUT2D eigenvalue weighted by Gasteiger charge is -2.47. The molecule has 14 unspecified atom stereocenters. The second kappa shape index (κ2) is 23.0. The Balaban J connectivity index is 1.79. The zero-order chi connectivity index (χ0) is 45.2. The minimum atomic E-state index is -2.54. The topological polar surface area (TPSA) is 205 Å². The Labute approximate surface area is 361 Å². The lowest BCUT2D eigenvalue weighted by Crippen LogP contribution is -2.64. The zero-order valence-corrected chi connectivity index (χ0v) is 37.8. The van der Waals surface area contributed by atoms with Crippen molar-refractivity contribution in [2.24, 2.45) is 29.6 Å². The van der Waals surface area contributed by atoms with Crippen molar-refractivity contribution in [3.8, 4) is 0 Å². The van der Waals surface area contributed by atoms with Gasteiger partial charge in [-0.05, 0) is 102 Å². The normalized spacial score (nSPS) is 38.2. The zero-order valence-electron chi connectivity index (χ0n) is 37.8. The first-order chi connectivity index (χ1) is 28.9. The summed E-state index contributed by atoms with van der Waals surface area (Å²) in [6, 6.07) is -1.17. The number of Topliss-reactive ketones (excluding diaryl/α,β-unsaturated/α-hetero) is 2. The number of amides is 1. The minimum Gasteiger partial charge on any atom is -0.469 e. The summed E-state index contributed by atoms with van der Waals surface area (Å²) < 4.78 is 34.7. The Morgan fingerprint density at radius 3 is 2.23 bits per heavy atom. The number of carbonyl (C=O) groups is 5. The molecule has 4 rings (SSSR count). The Hall–Kier alpha value is -3.05. The summed E-state index contributed by atoms with van der Waals surface area (Å²) >= 11 is 0. The molecule has 14 atom stereocenters. The van der Waals surface area contributed by atoms with Gasteiger partial charge < -0.3 is 48.6 Å². The largest absolute Gasteiger partial charge is 0.469 e. The van der Waals surface area contributed by atoms with Gasteiger partial charge in [0, 0.05) is 58.5 Å². The quantitative estimate of drug-likeness (QED) is 0.167. The molecule has 1 aliphatic carbocycles. The first-order valence-electron chi connectivity index (χ1n) is 22.2. The van der Waals surface area contributed by atoms with E-state index < -0.39 is 83.9 Å². The van der Waals surface area contributed by atoms with Crippen LogP contribution in [0.1, 0.15) is 118 Å². The molecule has 3 N–H and O–H groups in total. The molecule has 61 heavy (non-hydrogen) atoms. The lowest BCUT2D eigenvalue weighted by atomic mass is 9.81. The van der Waals surface area contributed by atoms with Crippen LogP contribution in [0.3, 0.4) is 0 Å². The van der Waals surface area contributed by atoms with E-state index in [1.807, 2.05) is 26.0 Å². The summed E-state index contributed by atoms with van der Waals surface area (Å²) in [4.78, 5) is 70.3. The molecule has 1 saturated carbocycles. The predicted molar refractivity (Wildman–Crippen MR) is 224 cm³/mol. The van der Waals surface area contributed by atoms with Crippen LogP contribution in [0.2, 0.25) is 0 Å². The molecule has 346 valence electrons. The van der Waals surface area contributed by atoms with Crippen LogP contribution in [0.15, 0.2) is 23.3 Å². The number of fused-ring (bicyclic) bond motifs is 3. The highest BCUT2D eigenvalue weighted by atomic mass is 16.7. The first-order valence-corrected chi connectivity index (χ1v) is 22.2. The van der Waals surface area contributed by atoms with Crippen LogP contribution in [-0.2, 0) is 52.4 Å². The maximum absolute atomic E-state index is 14.4. The van der Waals surface area contributed by atoms with Crippen LogP contribution in [0.4, 0.5) is 0 Å². The van der Waals surface area contributed by atoms with Gasteiger partial charge in [0.2, 0.25) is 5.79 Å². The van der Waals surface area contributed by atoms with Crippen LogP contribution in [0.25, 0.3) is 0 Å². The molecule has 0 aromatic carbocycles. The number of hydrogen-bond acceptors (Lipinski definition) is 14. The maximum atomic E-state index is 14.4. The smallest absolute Gasteiger partial charge is 0.329 e. The van der Waals surface area contributed by atoms with E-state index in [1.54, 1.807) is 27.9 Å². The summed E-state index contributed by atoms with van der Waals surface area (Å²) in [5.41, 5.74) is 1.52. The maximum Gasteiger partial charge on any atom is 0.329 e. The number of nitrogens with zero attached hydrogens (tertiary/aromatic N) is 1. The van der Waals surface area contributed by atoms with E-state index >= 15 is 0 Å². The van der Waals surface area contributed by atoms with E-state index in [9.17, 15) is 39.3 Å². The summed E-state index contributed by atoms with van der Waals surface area (Å²) in [5.74, 6) is -8.56. The Morgan fingerprint density at radius 1 is 0.902 bits per heavy atom. The number of cyclic esters (lactones) is 1. The van der Waals surface area contributed by atoms with Gasteiger partial charge >= 0.3 is 11.9 Å². The highest BCUT2D eigenvalue weighted by Crippen LogP contribution is 2.39. The number of ether oxygens (including phenoxy) is 6. The fraction of sp³-hybridized carbons (Fsp3) is 0.804. The molecule has 0 aromatic rings. The Kier molecular flexibility index (Phi) is 19.1. The summed E-state index contributed by atoms with van der Waals surface area (Å²) in [6.45, 7) is 9.12. The highest BCUT2D eigenvalue weighted by molar-refractivity contribution is 6.39. The van der Waals surface area contributed by atoms with E-state index in [4.69, 9.17) is 28.4 Å². The monoisotopic (exact) mass is 864 g/mol. The highest BCUT2D eigenvalue weighted by Gasteiger charge is 2.56. The molecule has 0 radical (unpaired) electrons. The predicted octanol–water partition coefficient (Wildman–Crippen LogP) is 4.41. The molecule has 1 amide bonds. The van der Waals surface area contributed by atoms with Crippen molar-refractivity contribution in [1.82, 2.24) is 4.90 Å². The van der Waals surface area contributed by atoms with Crippen LogP contribution in [-0.4, -0.2) is 139 Å². The number of hydrogen-bond donors (Lipinski definition) is 3. The first kappa shape index (κ1) is 50.6. The van der Waals surface area contributed by atoms with Crippen molar-refractivity contribution in [3.63, 3.8) is 0 Å². The molecule has 4 aliphatic rings. The second-order valence-corrected chi connectivity index (χ2v) is 18.2. The number of aliphatic hydroxyl groups is 3. The van der Waals surface area contributed by atoms with Crippen LogP contribution < -0.4 is 0 Å². The minimum absolute atomic E-state index is 0.0410. The van der Waals surface area contributed by atoms with Crippen molar-refractivity contribution in [3.05, 3.63) is 23.3 Å². The molecule has 15 nitrogen and oxygen atoms in total. The summed E-state index contributed by atoms with van der Waals surface area (Å²) in [6.07, 6.45) is 3.09. The van der Waals surface area contributed by atoms with Gasteiger partial charge in [-0.15, -0.1) is 0 Å². The van der Waals surface area contributed by atoms with Gasteiger partial charge in [0.05, 0.1) is 37.6 Å². The average Bonchev–Trinajstić information content (AvgIpc) is 3.24. The lowest BCUT2D eigenvalue weighted by molar-refractivity contribution is -0.302. The molecule has 0 spiro atoms. The third-order valence-corrected chi connectivity index (χ3v) is 13.6.